The van der Waals surface area contributed by atoms with Crippen molar-refractivity contribution in [1.82, 2.24) is 0 Å². The van der Waals surface area contributed by atoms with E-state index in [-0.39, 0.29) is 6.10 Å². The van der Waals surface area contributed by atoms with Crippen LogP contribution < -0.4 is 0 Å². The molecule has 0 N–H and O–H groups in total. The van der Waals surface area contributed by atoms with E-state index in [9.17, 15) is 0 Å². The van der Waals surface area contributed by atoms with Gasteiger partial charge in [-0.05, 0) is 30.6 Å². The van der Waals surface area contributed by atoms with Gasteiger partial charge in [-0.1, -0.05) is 41.0 Å². The van der Waals surface area contributed by atoms with Gasteiger partial charge in [-0.2, -0.15) is 5.26 Å². The third-order valence-electron chi connectivity index (χ3n) is 3.08. The molecule has 16 heavy (non-hydrogen) atoms. The highest BCUT2D eigenvalue weighted by Gasteiger charge is 2.16. The van der Waals surface area contributed by atoms with E-state index in [4.69, 9.17) is 10.00 Å². The van der Waals surface area contributed by atoms with Gasteiger partial charge >= 0.3 is 0 Å². The van der Waals surface area contributed by atoms with Crippen LogP contribution >= 0.6 is 0 Å². The lowest BCUT2D eigenvalue weighted by Crippen LogP contribution is -2.21. The standard InChI is InChI=1S/C14H27NO/c1-6-14(9-15)16-10-13(12(4)5)8-7-11(2)3/h11-14H,6-8,10H2,1-5H3. The normalized spacial score (nSPS) is 15.1. The molecule has 0 saturated carbocycles. The Morgan fingerprint density at radius 3 is 2.12 bits per heavy atom. The Bertz CT molecular complexity index is 205. The Morgan fingerprint density at radius 1 is 1.12 bits per heavy atom. The van der Waals surface area contributed by atoms with Gasteiger partial charge in [0.05, 0.1) is 12.7 Å². The molecule has 0 aromatic heterocycles. The van der Waals surface area contributed by atoms with Gasteiger partial charge < -0.3 is 4.74 Å². The molecule has 0 aliphatic rings. The van der Waals surface area contributed by atoms with Crippen molar-refractivity contribution in [3.05, 3.63) is 0 Å². The summed E-state index contributed by atoms with van der Waals surface area (Å²) in [6, 6.07) is 2.19. The van der Waals surface area contributed by atoms with Crippen LogP contribution in [0.25, 0.3) is 0 Å². The van der Waals surface area contributed by atoms with Crippen molar-refractivity contribution in [3.63, 3.8) is 0 Å². The number of nitriles is 1. The summed E-state index contributed by atoms with van der Waals surface area (Å²) in [4.78, 5) is 0. The van der Waals surface area contributed by atoms with Gasteiger partial charge in [-0.3, -0.25) is 0 Å². The van der Waals surface area contributed by atoms with Crippen LogP contribution in [0.15, 0.2) is 0 Å². The van der Waals surface area contributed by atoms with Crippen LogP contribution in [0.5, 0.6) is 0 Å². The third kappa shape index (κ3) is 6.85. The highest BCUT2D eigenvalue weighted by Crippen LogP contribution is 2.21. The van der Waals surface area contributed by atoms with E-state index < -0.39 is 0 Å². The van der Waals surface area contributed by atoms with Crippen LogP contribution in [0.2, 0.25) is 0 Å². The smallest absolute Gasteiger partial charge is 0.143 e. The zero-order valence-corrected chi connectivity index (χ0v) is 11.5. The van der Waals surface area contributed by atoms with E-state index in [1.54, 1.807) is 0 Å². The lowest BCUT2D eigenvalue weighted by Gasteiger charge is -2.22. The second-order valence-corrected chi connectivity index (χ2v) is 5.33. The van der Waals surface area contributed by atoms with E-state index in [2.05, 4.69) is 33.8 Å². The van der Waals surface area contributed by atoms with Crippen LogP contribution in [-0.4, -0.2) is 12.7 Å². The van der Waals surface area contributed by atoms with E-state index in [0.717, 1.165) is 18.9 Å². The summed E-state index contributed by atoms with van der Waals surface area (Å²) in [6.07, 6.45) is 3.01. The van der Waals surface area contributed by atoms with Crippen molar-refractivity contribution >= 4 is 0 Å². The van der Waals surface area contributed by atoms with E-state index >= 15 is 0 Å². The SMILES string of the molecule is CCC(C#N)OCC(CCC(C)C)C(C)C. The minimum absolute atomic E-state index is 0.222. The fourth-order valence-electron chi connectivity index (χ4n) is 1.64. The molecule has 0 aromatic rings. The molecule has 0 amide bonds. The average molecular weight is 225 g/mol. The lowest BCUT2D eigenvalue weighted by molar-refractivity contribution is 0.0421. The molecule has 0 fully saturated rings. The molecule has 2 heteroatoms. The predicted octanol–water partition coefficient (Wildman–Crippen LogP) is 4.01. The number of ether oxygens (including phenoxy) is 1. The molecule has 2 nitrogen and oxygen atoms in total. The van der Waals surface area contributed by atoms with Crippen LogP contribution in [0.1, 0.15) is 53.9 Å². The van der Waals surface area contributed by atoms with Crippen molar-refractivity contribution in [3.8, 4) is 6.07 Å². The first-order valence-corrected chi connectivity index (χ1v) is 6.52. The first-order chi connectivity index (χ1) is 7.51. The first kappa shape index (κ1) is 15.4. The molecule has 0 heterocycles. The first-order valence-electron chi connectivity index (χ1n) is 6.52. The van der Waals surface area contributed by atoms with E-state index in [1.165, 1.54) is 12.8 Å². The van der Waals surface area contributed by atoms with Gasteiger partial charge in [-0.25, -0.2) is 0 Å². The predicted molar refractivity (Wildman–Crippen MR) is 68.0 cm³/mol. The number of nitrogens with zero attached hydrogens (tertiary/aromatic N) is 1. The van der Waals surface area contributed by atoms with Crippen molar-refractivity contribution in [2.75, 3.05) is 6.61 Å². The zero-order valence-electron chi connectivity index (χ0n) is 11.5. The molecule has 0 bridgehead atoms. The van der Waals surface area contributed by atoms with Gasteiger partial charge in [0.25, 0.3) is 0 Å². The van der Waals surface area contributed by atoms with Crippen molar-refractivity contribution in [2.45, 2.75) is 60.0 Å². The summed E-state index contributed by atoms with van der Waals surface area (Å²) in [7, 11) is 0. The summed E-state index contributed by atoms with van der Waals surface area (Å²) >= 11 is 0. The molecule has 2 atom stereocenters. The van der Waals surface area contributed by atoms with Gasteiger partial charge in [0.1, 0.15) is 6.10 Å². The maximum Gasteiger partial charge on any atom is 0.143 e. The van der Waals surface area contributed by atoms with Crippen LogP contribution in [0, 0.1) is 29.1 Å². The average Bonchev–Trinajstić information content (AvgIpc) is 2.22. The molecule has 0 aliphatic carbocycles. The molecule has 0 saturated heterocycles. The van der Waals surface area contributed by atoms with Gasteiger partial charge in [-0.15, -0.1) is 0 Å². The van der Waals surface area contributed by atoms with E-state index in [0.29, 0.717) is 11.8 Å². The summed E-state index contributed by atoms with van der Waals surface area (Å²) in [5.74, 6) is 1.97. The van der Waals surface area contributed by atoms with E-state index in [1.807, 2.05) is 6.92 Å². The highest BCUT2D eigenvalue weighted by molar-refractivity contribution is 4.82. The Balaban J connectivity index is 3.99. The van der Waals surface area contributed by atoms with Crippen molar-refractivity contribution < 1.29 is 4.74 Å². The number of hydrogen-bond acceptors (Lipinski definition) is 2. The molecule has 0 radical (unpaired) electrons. The fourth-order valence-corrected chi connectivity index (χ4v) is 1.64. The topological polar surface area (TPSA) is 33.0 Å². The second-order valence-electron chi connectivity index (χ2n) is 5.33. The largest absolute Gasteiger partial charge is 0.363 e. The Labute approximate surface area is 101 Å². The zero-order chi connectivity index (χ0) is 12.6. The highest BCUT2D eigenvalue weighted by atomic mass is 16.5. The molecular weight excluding hydrogens is 198 g/mol. The Kier molecular flexibility index (Phi) is 8.29. The molecule has 2 unspecified atom stereocenters. The summed E-state index contributed by atoms with van der Waals surface area (Å²) in [6.45, 7) is 11.7. The van der Waals surface area contributed by atoms with Gasteiger partial charge in [0.2, 0.25) is 0 Å². The Hall–Kier alpha value is -0.550. The minimum Gasteiger partial charge on any atom is -0.363 e. The summed E-state index contributed by atoms with van der Waals surface area (Å²) in [5.41, 5.74) is 0. The van der Waals surface area contributed by atoms with Crippen LogP contribution in [-0.2, 0) is 4.74 Å². The Morgan fingerprint density at radius 2 is 1.75 bits per heavy atom. The number of hydrogen-bond donors (Lipinski definition) is 0. The van der Waals surface area contributed by atoms with Crippen molar-refractivity contribution in [2.24, 2.45) is 17.8 Å². The minimum atomic E-state index is -0.222. The monoisotopic (exact) mass is 225 g/mol. The lowest BCUT2D eigenvalue weighted by atomic mass is 9.89. The third-order valence-corrected chi connectivity index (χ3v) is 3.08. The van der Waals surface area contributed by atoms with Crippen molar-refractivity contribution in [1.29, 1.82) is 5.26 Å². The maximum absolute atomic E-state index is 8.82. The molecular formula is C14H27NO. The molecule has 0 aromatic carbocycles. The summed E-state index contributed by atoms with van der Waals surface area (Å²) in [5, 5.41) is 8.82. The van der Waals surface area contributed by atoms with Gasteiger partial charge in [0.15, 0.2) is 0 Å². The second kappa shape index (κ2) is 8.58. The maximum atomic E-state index is 8.82. The molecule has 0 spiro atoms. The van der Waals surface area contributed by atoms with Gasteiger partial charge in [0, 0.05) is 0 Å². The molecule has 94 valence electrons. The summed E-state index contributed by atoms with van der Waals surface area (Å²) < 4.78 is 5.64. The quantitative estimate of drug-likeness (QED) is 0.625. The molecule has 0 aliphatic heterocycles. The van der Waals surface area contributed by atoms with Crippen LogP contribution in [0.4, 0.5) is 0 Å². The van der Waals surface area contributed by atoms with Crippen LogP contribution in [0.3, 0.4) is 0 Å². The molecule has 0 rings (SSSR count). The fraction of sp³-hybridized carbons (Fsp3) is 0.929. The number of rotatable bonds is 8.